The number of hydrogen-bond donors (Lipinski definition) is 1. The Balaban J connectivity index is 1.80. The molecule has 1 aliphatic heterocycles. The molecule has 1 aliphatic carbocycles. The largest absolute Gasteiger partial charge is 0.481 e. The van der Waals surface area contributed by atoms with E-state index in [0.717, 1.165) is 31.3 Å². The third-order valence-corrected chi connectivity index (χ3v) is 5.18. The second-order valence-electron chi connectivity index (χ2n) is 7.08. The van der Waals surface area contributed by atoms with Crippen LogP contribution < -0.4 is 0 Å². The van der Waals surface area contributed by atoms with Gasteiger partial charge in [0, 0.05) is 6.04 Å². The van der Waals surface area contributed by atoms with Gasteiger partial charge in [-0.25, -0.2) is 0 Å². The molecule has 0 bridgehead atoms. The minimum Gasteiger partial charge on any atom is -0.481 e. The minimum atomic E-state index is -0.665. The highest BCUT2D eigenvalue weighted by atomic mass is 16.4. The van der Waals surface area contributed by atoms with Crippen molar-refractivity contribution in [1.29, 1.82) is 0 Å². The van der Waals surface area contributed by atoms with E-state index in [0.29, 0.717) is 0 Å². The van der Waals surface area contributed by atoms with Crippen LogP contribution in [0, 0.1) is 11.3 Å². The highest BCUT2D eigenvalue weighted by molar-refractivity contribution is 5.73. The summed E-state index contributed by atoms with van der Waals surface area (Å²) < 4.78 is 0. The quantitative estimate of drug-likeness (QED) is 0.828. The van der Waals surface area contributed by atoms with E-state index >= 15 is 0 Å². The molecule has 2 aliphatic rings. The first-order valence-electron chi connectivity index (χ1n) is 7.98. The maximum absolute atomic E-state index is 11.1. The molecule has 0 spiro atoms. The summed E-state index contributed by atoms with van der Waals surface area (Å²) in [6.07, 6.45) is 10.2. The van der Waals surface area contributed by atoms with E-state index < -0.39 is 11.4 Å². The predicted octanol–water partition coefficient (Wildman–Crippen LogP) is 3.53. The molecule has 0 amide bonds. The number of carboxylic acid groups (broad SMARTS) is 1. The van der Waals surface area contributed by atoms with E-state index in [1.165, 1.54) is 45.1 Å². The fraction of sp³-hybridized carbons (Fsp3) is 0.938. The van der Waals surface area contributed by atoms with Crippen molar-refractivity contribution in [1.82, 2.24) is 4.90 Å². The number of carboxylic acids is 1. The molecule has 2 atom stereocenters. The van der Waals surface area contributed by atoms with E-state index in [9.17, 15) is 4.79 Å². The normalized spacial score (nSPS) is 28.9. The maximum atomic E-state index is 11.1. The van der Waals surface area contributed by atoms with Gasteiger partial charge >= 0.3 is 5.97 Å². The van der Waals surface area contributed by atoms with E-state index in [1.54, 1.807) is 0 Å². The zero-order chi connectivity index (χ0) is 13.9. The van der Waals surface area contributed by atoms with Crippen LogP contribution in [0.15, 0.2) is 0 Å². The van der Waals surface area contributed by atoms with E-state index in [4.69, 9.17) is 5.11 Å². The summed E-state index contributed by atoms with van der Waals surface area (Å²) in [5.74, 6) is 0.261. The third-order valence-electron chi connectivity index (χ3n) is 5.18. The molecule has 1 saturated heterocycles. The van der Waals surface area contributed by atoms with Gasteiger partial charge in [-0.3, -0.25) is 4.79 Å². The lowest BCUT2D eigenvalue weighted by atomic mass is 9.78. The molecule has 0 aromatic carbocycles. The van der Waals surface area contributed by atoms with Gasteiger partial charge in [-0.15, -0.1) is 0 Å². The molecule has 3 nitrogen and oxygen atoms in total. The number of piperidine rings is 1. The average molecular weight is 267 g/mol. The topological polar surface area (TPSA) is 40.5 Å². The Morgan fingerprint density at radius 1 is 1.21 bits per heavy atom. The minimum absolute atomic E-state index is 0.568. The molecular formula is C16H29NO2. The van der Waals surface area contributed by atoms with Gasteiger partial charge in [0.15, 0.2) is 0 Å². The molecule has 2 unspecified atom stereocenters. The number of aliphatic carboxylic acids is 1. The Labute approximate surface area is 117 Å². The first-order chi connectivity index (χ1) is 9.00. The number of hydrogen-bond acceptors (Lipinski definition) is 2. The van der Waals surface area contributed by atoms with Crippen molar-refractivity contribution in [2.75, 3.05) is 13.1 Å². The summed E-state index contributed by atoms with van der Waals surface area (Å²) in [5.41, 5.74) is -0.568. The average Bonchev–Trinajstić information content (AvgIpc) is 2.38. The first-order valence-corrected chi connectivity index (χ1v) is 7.98. The summed E-state index contributed by atoms with van der Waals surface area (Å²) in [4.78, 5) is 13.8. The van der Waals surface area contributed by atoms with Gasteiger partial charge < -0.3 is 10.0 Å². The first kappa shape index (κ1) is 14.8. The van der Waals surface area contributed by atoms with Gasteiger partial charge in [0.1, 0.15) is 0 Å². The van der Waals surface area contributed by atoms with Crippen LogP contribution in [0.5, 0.6) is 0 Å². The SMILES string of the molecule is CC(C)(CCCN1CCCC2CCCCC21)C(=O)O. The van der Waals surface area contributed by atoms with Gasteiger partial charge in [0.25, 0.3) is 0 Å². The Hall–Kier alpha value is -0.570. The second-order valence-corrected chi connectivity index (χ2v) is 7.08. The number of rotatable bonds is 5. The molecule has 0 aromatic rings. The number of fused-ring (bicyclic) bond motifs is 1. The van der Waals surface area contributed by atoms with Crippen LogP contribution in [-0.4, -0.2) is 35.1 Å². The number of nitrogens with zero attached hydrogens (tertiary/aromatic N) is 1. The molecule has 0 aromatic heterocycles. The zero-order valence-electron chi connectivity index (χ0n) is 12.5. The molecule has 2 fully saturated rings. The molecule has 1 N–H and O–H groups in total. The van der Waals surface area contributed by atoms with Gasteiger partial charge in [-0.1, -0.05) is 12.8 Å². The fourth-order valence-corrected chi connectivity index (χ4v) is 3.84. The summed E-state index contributed by atoms with van der Waals surface area (Å²) in [5, 5.41) is 9.15. The smallest absolute Gasteiger partial charge is 0.309 e. The van der Waals surface area contributed by atoms with Gasteiger partial charge in [-0.2, -0.15) is 0 Å². The lowest BCUT2D eigenvalue weighted by Gasteiger charge is -2.44. The van der Waals surface area contributed by atoms with Crippen molar-refractivity contribution in [2.45, 2.75) is 71.3 Å². The van der Waals surface area contributed by atoms with Crippen molar-refractivity contribution >= 4 is 5.97 Å². The summed E-state index contributed by atoms with van der Waals surface area (Å²) in [7, 11) is 0. The summed E-state index contributed by atoms with van der Waals surface area (Å²) in [6, 6.07) is 0.801. The molecule has 1 heterocycles. The van der Waals surface area contributed by atoms with Crippen molar-refractivity contribution < 1.29 is 9.90 Å². The van der Waals surface area contributed by atoms with E-state index in [1.807, 2.05) is 13.8 Å². The Kier molecular flexibility index (Phi) is 4.88. The molecule has 1 saturated carbocycles. The van der Waals surface area contributed by atoms with Crippen LogP contribution >= 0.6 is 0 Å². The van der Waals surface area contributed by atoms with Crippen LogP contribution in [0.3, 0.4) is 0 Å². The van der Waals surface area contributed by atoms with Crippen LogP contribution in [0.2, 0.25) is 0 Å². The monoisotopic (exact) mass is 267 g/mol. The van der Waals surface area contributed by atoms with Crippen LogP contribution in [0.25, 0.3) is 0 Å². The number of likely N-dealkylation sites (tertiary alicyclic amines) is 1. The zero-order valence-corrected chi connectivity index (χ0v) is 12.5. The molecule has 3 heteroatoms. The molecule has 0 radical (unpaired) electrons. The van der Waals surface area contributed by atoms with Crippen LogP contribution in [-0.2, 0) is 4.79 Å². The molecule has 2 rings (SSSR count). The lowest BCUT2D eigenvalue weighted by Crippen LogP contribution is -2.47. The van der Waals surface area contributed by atoms with Crippen molar-refractivity contribution in [3.8, 4) is 0 Å². The van der Waals surface area contributed by atoms with Gasteiger partial charge in [0.2, 0.25) is 0 Å². The Morgan fingerprint density at radius 3 is 2.63 bits per heavy atom. The van der Waals surface area contributed by atoms with Gasteiger partial charge in [0.05, 0.1) is 5.41 Å². The standard InChI is InChI=1S/C16H29NO2/c1-16(2,15(18)19)10-6-12-17-11-5-8-13-7-3-4-9-14(13)17/h13-14H,3-12H2,1-2H3,(H,18,19). The third kappa shape index (κ3) is 3.71. The van der Waals surface area contributed by atoms with Crippen molar-refractivity contribution in [3.63, 3.8) is 0 Å². The summed E-state index contributed by atoms with van der Waals surface area (Å²) >= 11 is 0. The highest BCUT2D eigenvalue weighted by Crippen LogP contribution is 2.35. The van der Waals surface area contributed by atoms with Crippen molar-refractivity contribution in [3.05, 3.63) is 0 Å². The molecule has 110 valence electrons. The highest BCUT2D eigenvalue weighted by Gasteiger charge is 2.33. The lowest BCUT2D eigenvalue weighted by molar-refractivity contribution is -0.147. The van der Waals surface area contributed by atoms with E-state index in [-0.39, 0.29) is 0 Å². The van der Waals surface area contributed by atoms with E-state index in [2.05, 4.69) is 4.90 Å². The predicted molar refractivity (Wildman–Crippen MR) is 77.2 cm³/mol. The fourth-order valence-electron chi connectivity index (χ4n) is 3.84. The molecular weight excluding hydrogens is 238 g/mol. The van der Waals surface area contributed by atoms with Gasteiger partial charge in [-0.05, 0) is 71.4 Å². The van der Waals surface area contributed by atoms with Crippen LogP contribution in [0.4, 0.5) is 0 Å². The Bertz CT molecular complexity index is 312. The Morgan fingerprint density at radius 2 is 1.89 bits per heavy atom. The van der Waals surface area contributed by atoms with Crippen LogP contribution in [0.1, 0.15) is 65.2 Å². The second kappa shape index (κ2) is 6.25. The number of carbonyl (C=O) groups is 1. The maximum Gasteiger partial charge on any atom is 0.309 e. The molecule has 19 heavy (non-hydrogen) atoms. The summed E-state index contributed by atoms with van der Waals surface area (Å²) in [6.45, 7) is 6.01. The van der Waals surface area contributed by atoms with Crippen molar-refractivity contribution in [2.24, 2.45) is 11.3 Å².